The molecule has 1 saturated heterocycles. The highest BCUT2D eigenvalue weighted by molar-refractivity contribution is 5.62. The maximum absolute atomic E-state index is 5.91. The van der Waals surface area contributed by atoms with Crippen molar-refractivity contribution in [3.8, 4) is 28.7 Å². The van der Waals surface area contributed by atoms with Gasteiger partial charge in [0.2, 0.25) is 0 Å². The second-order valence-electron chi connectivity index (χ2n) is 7.95. The molecule has 0 spiro atoms. The van der Waals surface area contributed by atoms with E-state index >= 15 is 0 Å². The Morgan fingerprint density at radius 2 is 1.67 bits per heavy atom. The molecule has 2 aromatic carbocycles. The van der Waals surface area contributed by atoms with Crippen molar-refractivity contribution in [2.24, 2.45) is 5.92 Å². The van der Waals surface area contributed by atoms with Gasteiger partial charge in [-0.05, 0) is 73.7 Å². The van der Waals surface area contributed by atoms with Crippen LogP contribution in [0.1, 0.15) is 31.0 Å². The summed E-state index contributed by atoms with van der Waals surface area (Å²) >= 11 is 0. The van der Waals surface area contributed by atoms with Gasteiger partial charge in [0.25, 0.3) is 0 Å². The molecule has 3 heteroatoms. The molecule has 2 heterocycles. The number of ether oxygens (including phenoxy) is 1. The summed E-state index contributed by atoms with van der Waals surface area (Å²) in [6.45, 7) is 6.46. The number of hydrogen-bond donors (Lipinski definition) is 0. The Morgan fingerprint density at radius 3 is 2.37 bits per heavy atom. The molecule has 0 radical (unpaired) electrons. The predicted molar refractivity (Wildman–Crippen MR) is 122 cm³/mol. The minimum Gasteiger partial charge on any atom is -0.492 e. The van der Waals surface area contributed by atoms with Crippen LogP contribution in [0.5, 0.6) is 5.75 Å². The van der Waals surface area contributed by atoms with Gasteiger partial charge in [0.05, 0.1) is 0 Å². The van der Waals surface area contributed by atoms with Crippen LogP contribution >= 0.6 is 0 Å². The summed E-state index contributed by atoms with van der Waals surface area (Å²) in [5, 5.41) is 0. The SMILES string of the molecule is CC1CCN(CCOc2ccc(C#Cc3ccc(-c4ccccc4)cn3)cc2)CC1. The Hall–Kier alpha value is -3.09. The van der Waals surface area contributed by atoms with E-state index in [9.17, 15) is 0 Å². The van der Waals surface area contributed by atoms with Gasteiger partial charge in [-0.2, -0.15) is 0 Å². The smallest absolute Gasteiger partial charge is 0.119 e. The Labute approximate surface area is 179 Å². The summed E-state index contributed by atoms with van der Waals surface area (Å²) in [6, 6.07) is 22.3. The molecule has 0 N–H and O–H groups in total. The quantitative estimate of drug-likeness (QED) is 0.550. The number of rotatable bonds is 5. The number of hydrogen-bond acceptors (Lipinski definition) is 3. The summed E-state index contributed by atoms with van der Waals surface area (Å²) < 4.78 is 5.91. The normalized spacial score (nSPS) is 14.7. The summed E-state index contributed by atoms with van der Waals surface area (Å²) in [5.74, 6) is 8.09. The van der Waals surface area contributed by atoms with E-state index in [4.69, 9.17) is 4.74 Å². The first-order valence-corrected chi connectivity index (χ1v) is 10.7. The van der Waals surface area contributed by atoms with Crippen molar-refractivity contribution < 1.29 is 4.74 Å². The van der Waals surface area contributed by atoms with Crippen molar-refractivity contribution in [1.29, 1.82) is 0 Å². The van der Waals surface area contributed by atoms with E-state index in [0.717, 1.165) is 47.2 Å². The van der Waals surface area contributed by atoms with E-state index in [1.807, 2.05) is 54.7 Å². The van der Waals surface area contributed by atoms with Crippen molar-refractivity contribution in [3.63, 3.8) is 0 Å². The summed E-state index contributed by atoms with van der Waals surface area (Å²) in [6.07, 6.45) is 4.48. The molecule has 3 nitrogen and oxygen atoms in total. The Morgan fingerprint density at radius 1 is 0.900 bits per heavy atom. The number of likely N-dealkylation sites (tertiary alicyclic amines) is 1. The van der Waals surface area contributed by atoms with Gasteiger partial charge in [0.1, 0.15) is 18.1 Å². The van der Waals surface area contributed by atoms with Crippen LogP contribution in [0.3, 0.4) is 0 Å². The molecule has 1 fully saturated rings. The topological polar surface area (TPSA) is 25.4 Å². The number of pyridine rings is 1. The van der Waals surface area contributed by atoms with E-state index < -0.39 is 0 Å². The molecule has 1 aliphatic heterocycles. The molecule has 4 rings (SSSR count). The van der Waals surface area contributed by atoms with Crippen molar-refractivity contribution in [1.82, 2.24) is 9.88 Å². The molecule has 0 bridgehead atoms. The molecule has 0 saturated carbocycles. The third-order valence-electron chi connectivity index (χ3n) is 5.61. The minimum absolute atomic E-state index is 0.733. The lowest BCUT2D eigenvalue weighted by atomic mass is 9.99. The molecule has 0 aliphatic carbocycles. The van der Waals surface area contributed by atoms with Gasteiger partial charge >= 0.3 is 0 Å². The van der Waals surface area contributed by atoms with Gasteiger partial charge in [0, 0.05) is 23.9 Å². The first kappa shape index (κ1) is 20.2. The molecule has 0 unspecified atom stereocenters. The molecule has 1 aliphatic rings. The van der Waals surface area contributed by atoms with E-state index in [1.165, 1.54) is 25.9 Å². The minimum atomic E-state index is 0.733. The second kappa shape index (κ2) is 10.1. The van der Waals surface area contributed by atoms with E-state index in [2.05, 4.69) is 46.8 Å². The third-order valence-corrected chi connectivity index (χ3v) is 5.61. The Kier molecular flexibility index (Phi) is 6.79. The number of nitrogens with zero attached hydrogens (tertiary/aromatic N) is 2. The lowest BCUT2D eigenvalue weighted by Gasteiger charge is -2.29. The summed E-state index contributed by atoms with van der Waals surface area (Å²) in [4.78, 5) is 6.97. The van der Waals surface area contributed by atoms with Crippen LogP contribution < -0.4 is 4.74 Å². The van der Waals surface area contributed by atoms with Crippen molar-refractivity contribution in [2.45, 2.75) is 19.8 Å². The largest absolute Gasteiger partial charge is 0.492 e. The van der Waals surface area contributed by atoms with E-state index in [0.29, 0.717) is 0 Å². The number of benzene rings is 2. The fourth-order valence-corrected chi connectivity index (χ4v) is 3.62. The highest BCUT2D eigenvalue weighted by atomic mass is 16.5. The predicted octanol–water partition coefficient (Wildman–Crippen LogP) is 5.26. The Bertz CT molecular complexity index is 977. The van der Waals surface area contributed by atoms with Crippen LogP contribution in [0.25, 0.3) is 11.1 Å². The average molecular weight is 397 g/mol. The lowest BCUT2D eigenvalue weighted by molar-refractivity contribution is 0.160. The standard InChI is InChI=1S/C27H28N2O/c1-22-15-17-29(18-16-22)19-20-30-27-13-8-23(9-14-27)7-11-26-12-10-25(21-28-26)24-5-3-2-4-6-24/h2-6,8-10,12-14,21-22H,15-20H2,1H3. The zero-order valence-corrected chi connectivity index (χ0v) is 17.6. The van der Waals surface area contributed by atoms with Gasteiger partial charge in [-0.25, -0.2) is 4.98 Å². The molecular formula is C27H28N2O. The zero-order chi connectivity index (χ0) is 20.6. The molecule has 1 aromatic heterocycles. The molecule has 152 valence electrons. The van der Waals surface area contributed by atoms with Crippen molar-refractivity contribution >= 4 is 0 Å². The lowest BCUT2D eigenvalue weighted by Crippen LogP contribution is -2.35. The first-order valence-electron chi connectivity index (χ1n) is 10.7. The fraction of sp³-hybridized carbons (Fsp3) is 0.296. The molecule has 0 amide bonds. The maximum Gasteiger partial charge on any atom is 0.119 e. The summed E-state index contributed by atoms with van der Waals surface area (Å²) in [7, 11) is 0. The second-order valence-corrected chi connectivity index (χ2v) is 7.95. The van der Waals surface area contributed by atoms with Crippen LogP contribution in [0.4, 0.5) is 0 Å². The Balaban J connectivity index is 1.28. The highest BCUT2D eigenvalue weighted by Crippen LogP contribution is 2.18. The van der Waals surface area contributed by atoms with Gasteiger partial charge in [0.15, 0.2) is 0 Å². The number of aromatic nitrogens is 1. The highest BCUT2D eigenvalue weighted by Gasteiger charge is 2.15. The molecule has 30 heavy (non-hydrogen) atoms. The van der Waals surface area contributed by atoms with E-state index in [1.54, 1.807) is 0 Å². The molecular weight excluding hydrogens is 368 g/mol. The van der Waals surface area contributed by atoms with Crippen molar-refractivity contribution in [2.75, 3.05) is 26.2 Å². The van der Waals surface area contributed by atoms with Gasteiger partial charge in [-0.1, -0.05) is 49.2 Å². The molecule has 0 atom stereocenters. The third kappa shape index (κ3) is 5.72. The van der Waals surface area contributed by atoms with Crippen LogP contribution in [0.2, 0.25) is 0 Å². The van der Waals surface area contributed by atoms with Gasteiger partial charge < -0.3 is 4.74 Å². The van der Waals surface area contributed by atoms with Crippen LogP contribution in [0, 0.1) is 17.8 Å². The van der Waals surface area contributed by atoms with Crippen LogP contribution in [-0.4, -0.2) is 36.1 Å². The van der Waals surface area contributed by atoms with Gasteiger partial charge in [-0.15, -0.1) is 0 Å². The van der Waals surface area contributed by atoms with E-state index in [-0.39, 0.29) is 0 Å². The zero-order valence-electron chi connectivity index (χ0n) is 17.6. The monoisotopic (exact) mass is 396 g/mol. The van der Waals surface area contributed by atoms with Crippen LogP contribution in [0.15, 0.2) is 72.9 Å². The fourth-order valence-electron chi connectivity index (χ4n) is 3.62. The molecule has 3 aromatic rings. The van der Waals surface area contributed by atoms with Gasteiger partial charge in [-0.3, -0.25) is 4.90 Å². The maximum atomic E-state index is 5.91. The first-order chi connectivity index (χ1) is 14.8. The van der Waals surface area contributed by atoms with Crippen LogP contribution in [-0.2, 0) is 0 Å². The van der Waals surface area contributed by atoms with Crippen molar-refractivity contribution in [3.05, 3.63) is 84.2 Å². The average Bonchev–Trinajstić information content (AvgIpc) is 2.81. The number of piperidine rings is 1. The summed E-state index contributed by atoms with van der Waals surface area (Å²) in [5.41, 5.74) is 3.99.